The van der Waals surface area contributed by atoms with Crippen molar-refractivity contribution in [3.8, 4) is 5.69 Å². The lowest BCUT2D eigenvalue weighted by Crippen LogP contribution is -2.41. The standard InChI is InChI=1S/C27H40N4O/c1-5-16-29-17-15-26-24(18-29)25(28-31(26)23-13-11-21(4)12-14-23)19-30(20(2)3)27(32)22-9-7-6-8-10-22/h11-14,20,22H,5-10,15-19H2,1-4H3. The first-order valence-corrected chi connectivity index (χ1v) is 12.7. The Hall–Kier alpha value is -2.14. The molecule has 32 heavy (non-hydrogen) atoms. The van der Waals surface area contributed by atoms with Gasteiger partial charge in [0, 0.05) is 37.0 Å². The Bertz CT molecular complexity index is 908. The van der Waals surface area contributed by atoms with Gasteiger partial charge in [0.15, 0.2) is 0 Å². The highest BCUT2D eigenvalue weighted by atomic mass is 16.2. The Morgan fingerprint density at radius 3 is 2.53 bits per heavy atom. The lowest BCUT2D eigenvalue weighted by molar-refractivity contribution is -0.139. The Morgan fingerprint density at radius 2 is 1.88 bits per heavy atom. The average molecular weight is 437 g/mol. The largest absolute Gasteiger partial charge is 0.334 e. The molecule has 1 amide bonds. The third-order valence-electron chi connectivity index (χ3n) is 7.22. The van der Waals surface area contributed by atoms with Crippen LogP contribution in [0, 0.1) is 12.8 Å². The first-order chi connectivity index (χ1) is 15.5. The number of fused-ring (bicyclic) bond motifs is 1. The summed E-state index contributed by atoms with van der Waals surface area (Å²) in [5.74, 6) is 0.525. The maximum atomic E-state index is 13.5. The summed E-state index contributed by atoms with van der Waals surface area (Å²) < 4.78 is 2.15. The predicted molar refractivity (Wildman–Crippen MR) is 130 cm³/mol. The van der Waals surface area contributed by atoms with Crippen molar-refractivity contribution in [2.24, 2.45) is 5.92 Å². The summed E-state index contributed by atoms with van der Waals surface area (Å²) >= 11 is 0. The maximum absolute atomic E-state index is 13.5. The van der Waals surface area contributed by atoms with E-state index in [4.69, 9.17) is 5.10 Å². The molecule has 0 radical (unpaired) electrons. The number of aromatic nitrogens is 2. The molecule has 5 heteroatoms. The molecule has 2 aliphatic rings. The molecule has 2 aromatic rings. The van der Waals surface area contributed by atoms with Crippen LogP contribution in [-0.4, -0.2) is 44.6 Å². The Morgan fingerprint density at radius 1 is 1.16 bits per heavy atom. The van der Waals surface area contributed by atoms with Gasteiger partial charge in [-0.1, -0.05) is 43.9 Å². The number of aryl methyl sites for hydroxylation is 1. The molecule has 1 aliphatic heterocycles. The number of amides is 1. The summed E-state index contributed by atoms with van der Waals surface area (Å²) in [5.41, 5.74) is 6.13. The molecule has 4 rings (SSSR count). The summed E-state index contributed by atoms with van der Waals surface area (Å²) in [6, 6.07) is 8.82. The second kappa shape index (κ2) is 10.2. The second-order valence-electron chi connectivity index (χ2n) is 10.0. The third kappa shape index (κ3) is 4.93. The van der Waals surface area contributed by atoms with Crippen LogP contribution >= 0.6 is 0 Å². The number of benzene rings is 1. The number of rotatable bonds is 7. The summed E-state index contributed by atoms with van der Waals surface area (Å²) in [4.78, 5) is 18.1. The predicted octanol–water partition coefficient (Wildman–Crippen LogP) is 5.27. The van der Waals surface area contributed by atoms with Gasteiger partial charge in [-0.25, -0.2) is 4.68 Å². The molecule has 2 heterocycles. The highest BCUT2D eigenvalue weighted by Gasteiger charge is 2.31. The van der Waals surface area contributed by atoms with Crippen LogP contribution in [0.5, 0.6) is 0 Å². The molecule has 0 bridgehead atoms. The van der Waals surface area contributed by atoms with Crippen molar-refractivity contribution in [3.05, 3.63) is 46.8 Å². The van der Waals surface area contributed by atoms with Crippen LogP contribution < -0.4 is 0 Å². The van der Waals surface area contributed by atoms with Crippen molar-refractivity contribution in [1.82, 2.24) is 19.6 Å². The van der Waals surface area contributed by atoms with Crippen molar-refractivity contribution in [3.63, 3.8) is 0 Å². The van der Waals surface area contributed by atoms with E-state index in [0.29, 0.717) is 12.5 Å². The molecule has 1 aromatic heterocycles. The molecule has 1 aliphatic carbocycles. The fraction of sp³-hybridized carbons (Fsp3) is 0.630. The molecule has 1 aromatic carbocycles. The van der Waals surface area contributed by atoms with Crippen LogP contribution in [0.3, 0.4) is 0 Å². The van der Waals surface area contributed by atoms with Crippen LogP contribution in [0.4, 0.5) is 0 Å². The summed E-state index contributed by atoms with van der Waals surface area (Å²) in [6.07, 6.45) is 7.90. The number of nitrogens with zero attached hydrogens (tertiary/aromatic N) is 4. The van der Waals surface area contributed by atoms with Gasteiger partial charge < -0.3 is 4.90 Å². The average Bonchev–Trinajstić information content (AvgIpc) is 3.16. The number of hydrogen-bond acceptors (Lipinski definition) is 3. The highest BCUT2D eigenvalue weighted by Crippen LogP contribution is 2.30. The minimum Gasteiger partial charge on any atom is -0.334 e. The second-order valence-corrected chi connectivity index (χ2v) is 10.0. The van der Waals surface area contributed by atoms with E-state index in [1.165, 1.54) is 36.1 Å². The van der Waals surface area contributed by atoms with Gasteiger partial charge in [0.25, 0.3) is 0 Å². The minimum absolute atomic E-state index is 0.180. The SMILES string of the molecule is CCCN1CCc2c(c(CN(C(=O)C3CCCCC3)C(C)C)nn2-c2ccc(C)cc2)C1. The zero-order valence-electron chi connectivity index (χ0n) is 20.4. The summed E-state index contributed by atoms with van der Waals surface area (Å²) in [6.45, 7) is 12.4. The van der Waals surface area contributed by atoms with Crippen LogP contribution in [0.1, 0.15) is 81.8 Å². The Balaban J connectivity index is 1.67. The van der Waals surface area contributed by atoms with Crippen molar-refractivity contribution in [2.75, 3.05) is 13.1 Å². The Labute approximate surface area is 193 Å². The van der Waals surface area contributed by atoms with Crippen LogP contribution in [0.15, 0.2) is 24.3 Å². The monoisotopic (exact) mass is 436 g/mol. The first kappa shape index (κ1) is 23.0. The quantitative estimate of drug-likeness (QED) is 0.594. The van der Waals surface area contributed by atoms with Gasteiger partial charge in [-0.3, -0.25) is 9.69 Å². The molecule has 5 nitrogen and oxygen atoms in total. The van der Waals surface area contributed by atoms with Crippen LogP contribution in [0.2, 0.25) is 0 Å². The van der Waals surface area contributed by atoms with E-state index in [-0.39, 0.29) is 12.0 Å². The highest BCUT2D eigenvalue weighted by molar-refractivity contribution is 5.79. The third-order valence-corrected chi connectivity index (χ3v) is 7.22. The molecule has 0 unspecified atom stereocenters. The molecule has 1 fully saturated rings. The van der Waals surface area contributed by atoms with Gasteiger partial charge in [-0.2, -0.15) is 5.10 Å². The van der Waals surface area contributed by atoms with E-state index in [2.05, 4.69) is 66.4 Å². The molecule has 0 N–H and O–H groups in total. The van der Waals surface area contributed by atoms with E-state index in [1.807, 2.05) is 0 Å². The lowest BCUT2D eigenvalue weighted by atomic mass is 9.88. The number of carbonyl (C=O) groups excluding carboxylic acids is 1. The van der Waals surface area contributed by atoms with E-state index in [1.54, 1.807) is 0 Å². The summed E-state index contributed by atoms with van der Waals surface area (Å²) in [7, 11) is 0. The topological polar surface area (TPSA) is 41.4 Å². The van der Waals surface area contributed by atoms with Gasteiger partial charge in [0.2, 0.25) is 5.91 Å². The van der Waals surface area contributed by atoms with Gasteiger partial charge in [-0.05, 0) is 58.7 Å². The van der Waals surface area contributed by atoms with Crippen molar-refractivity contribution in [1.29, 1.82) is 0 Å². The van der Waals surface area contributed by atoms with E-state index >= 15 is 0 Å². The first-order valence-electron chi connectivity index (χ1n) is 12.7. The molecule has 0 spiro atoms. The molecule has 1 saturated carbocycles. The molecule has 174 valence electrons. The van der Waals surface area contributed by atoms with Crippen LogP contribution in [-0.2, 0) is 24.3 Å². The van der Waals surface area contributed by atoms with Gasteiger partial charge >= 0.3 is 0 Å². The molecule has 0 saturated heterocycles. The zero-order valence-corrected chi connectivity index (χ0v) is 20.4. The normalized spacial score (nSPS) is 17.5. The van der Waals surface area contributed by atoms with Crippen LogP contribution in [0.25, 0.3) is 5.69 Å². The van der Waals surface area contributed by atoms with Gasteiger partial charge in [0.05, 0.1) is 23.6 Å². The lowest BCUT2D eigenvalue weighted by Gasteiger charge is -2.32. The van der Waals surface area contributed by atoms with Crippen molar-refractivity contribution < 1.29 is 4.79 Å². The van der Waals surface area contributed by atoms with Crippen molar-refractivity contribution in [2.45, 2.75) is 91.8 Å². The molecule has 0 atom stereocenters. The van der Waals surface area contributed by atoms with Gasteiger partial charge in [0.1, 0.15) is 0 Å². The fourth-order valence-electron chi connectivity index (χ4n) is 5.34. The molecular weight excluding hydrogens is 396 g/mol. The minimum atomic E-state index is 0.180. The van der Waals surface area contributed by atoms with E-state index in [9.17, 15) is 4.79 Å². The maximum Gasteiger partial charge on any atom is 0.226 e. The number of carbonyl (C=O) groups is 1. The van der Waals surface area contributed by atoms with Crippen molar-refractivity contribution >= 4 is 5.91 Å². The van der Waals surface area contributed by atoms with E-state index < -0.39 is 0 Å². The number of hydrogen-bond donors (Lipinski definition) is 0. The Kier molecular flexibility index (Phi) is 7.34. The zero-order chi connectivity index (χ0) is 22.7. The summed E-state index contributed by atoms with van der Waals surface area (Å²) in [5, 5.41) is 5.13. The molecular formula is C27H40N4O. The van der Waals surface area contributed by atoms with E-state index in [0.717, 1.165) is 56.7 Å². The fourth-order valence-corrected chi connectivity index (χ4v) is 5.34. The van der Waals surface area contributed by atoms with Gasteiger partial charge in [-0.15, -0.1) is 0 Å². The smallest absolute Gasteiger partial charge is 0.226 e.